The van der Waals surface area contributed by atoms with Gasteiger partial charge in [-0.25, -0.2) is 0 Å². The highest BCUT2D eigenvalue weighted by atomic mass is 16.5. The van der Waals surface area contributed by atoms with Gasteiger partial charge in [0.1, 0.15) is 23.8 Å². The molecule has 0 aliphatic heterocycles. The molecule has 0 unspecified atom stereocenters. The van der Waals surface area contributed by atoms with E-state index in [1.165, 1.54) is 0 Å². The summed E-state index contributed by atoms with van der Waals surface area (Å²) in [4.78, 5) is 15.9. The number of aromatic nitrogens is 1. The first kappa shape index (κ1) is 18.6. The number of hydrogen-bond acceptors (Lipinski definition) is 3. The summed E-state index contributed by atoms with van der Waals surface area (Å²) in [7, 11) is 0. The van der Waals surface area contributed by atoms with Crippen LogP contribution in [0.25, 0.3) is 10.9 Å². The van der Waals surface area contributed by atoms with Crippen molar-refractivity contribution in [1.82, 2.24) is 4.98 Å². The van der Waals surface area contributed by atoms with Crippen LogP contribution in [0.1, 0.15) is 23.0 Å². The Hall–Kier alpha value is -3.73. The monoisotopic (exact) mass is 386 g/mol. The number of H-pyrrole nitrogens is 1. The number of nitrogens with one attached hydrogen (secondary N) is 2. The van der Waals surface area contributed by atoms with Gasteiger partial charge in [-0.05, 0) is 42.8 Å². The zero-order valence-electron chi connectivity index (χ0n) is 16.1. The average molecular weight is 386 g/mol. The van der Waals surface area contributed by atoms with Gasteiger partial charge in [-0.2, -0.15) is 0 Å². The fraction of sp³-hybridized carbons (Fsp3) is 0.125. The van der Waals surface area contributed by atoms with Crippen molar-refractivity contribution in [1.29, 1.82) is 0 Å². The van der Waals surface area contributed by atoms with E-state index in [0.29, 0.717) is 30.3 Å². The van der Waals surface area contributed by atoms with E-state index in [1.807, 2.05) is 85.8 Å². The lowest BCUT2D eigenvalue weighted by molar-refractivity contribution is 0.102. The minimum absolute atomic E-state index is 0.222. The Morgan fingerprint density at radius 1 is 0.931 bits per heavy atom. The Balaban J connectivity index is 1.49. The first-order valence-corrected chi connectivity index (χ1v) is 9.55. The van der Waals surface area contributed by atoms with Gasteiger partial charge in [0.05, 0.1) is 12.3 Å². The van der Waals surface area contributed by atoms with Crippen molar-refractivity contribution in [2.75, 3.05) is 11.9 Å². The number of fused-ring (bicyclic) bond motifs is 1. The smallest absolute Gasteiger partial charge is 0.272 e. The van der Waals surface area contributed by atoms with Crippen LogP contribution in [0.15, 0.2) is 78.9 Å². The standard InChI is InChI=1S/C24H22N2O3/c1-2-28-23-11-7-6-10-20(23)26-24(27)22-14-18-12-13-19(15-21(18)25-22)29-16-17-8-4-3-5-9-17/h3-15,25H,2,16H2,1H3,(H,26,27). The third kappa shape index (κ3) is 4.41. The van der Waals surface area contributed by atoms with Gasteiger partial charge in [0.25, 0.3) is 5.91 Å². The van der Waals surface area contributed by atoms with Crippen molar-refractivity contribution in [2.45, 2.75) is 13.5 Å². The largest absolute Gasteiger partial charge is 0.492 e. The van der Waals surface area contributed by atoms with Crippen LogP contribution in [-0.2, 0) is 6.61 Å². The second-order valence-corrected chi connectivity index (χ2v) is 6.59. The van der Waals surface area contributed by atoms with Gasteiger partial charge in [0.2, 0.25) is 0 Å². The molecule has 146 valence electrons. The Labute approximate surface area is 169 Å². The quantitative estimate of drug-likeness (QED) is 0.447. The molecule has 0 radical (unpaired) electrons. The number of benzene rings is 3. The predicted octanol–water partition coefficient (Wildman–Crippen LogP) is 5.40. The van der Waals surface area contributed by atoms with E-state index < -0.39 is 0 Å². The number of hydrogen-bond donors (Lipinski definition) is 2. The molecule has 0 saturated carbocycles. The molecule has 0 bridgehead atoms. The molecule has 29 heavy (non-hydrogen) atoms. The molecule has 1 amide bonds. The fourth-order valence-corrected chi connectivity index (χ4v) is 3.10. The van der Waals surface area contributed by atoms with Crippen molar-refractivity contribution >= 4 is 22.5 Å². The third-order valence-electron chi connectivity index (χ3n) is 4.52. The summed E-state index contributed by atoms with van der Waals surface area (Å²) in [6.45, 7) is 2.94. The summed E-state index contributed by atoms with van der Waals surface area (Å²) in [6.07, 6.45) is 0. The van der Waals surface area contributed by atoms with Crippen LogP contribution in [0.4, 0.5) is 5.69 Å². The minimum atomic E-state index is -0.222. The molecule has 0 spiro atoms. The van der Waals surface area contributed by atoms with E-state index in [4.69, 9.17) is 9.47 Å². The molecule has 1 aromatic heterocycles. The number of amides is 1. The van der Waals surface area contributed by atoms with Crippen molar-refractivity contribution in [3.63, 3.8) is 0 Å². The second-order valence-electron chi connectivity index (χ2n) is 6.59. The molecule has 5 heteroatoms. The molecule has 1 heterocycles. The van der Waals surface area contributed by atoms with Crippen LogP contribution < -0.4 is 14.8 Å². The van der Waals surface area contributed by atoms with Gasteiger partial charge in [0.15, 0.2) is 0 Å². The maximum Gasteiger partial charge on any atom is 0.272 e. The second kappa shape index (κ2) is 8.52. The zero-order chi connectivity index (χ0) is 20.1. The molecule has 4 aromatic rings. The number of para-hydroxylation sites is 2. The first-order chi connectivity index (χ1) is 14.2. The van der Waals surface area contributed by atoms with Gasteiger partial charge >= 0.3 is 0 Å². The molecule has 5 nitrogen and oxygen atoms in total. The van der Waals surface area contributed by atoms with Crippen molar-refractivity contribution in [2.24, 2.45) is 0 Å². The van der Waals surface area contributed by atoms with Gasteiger partial charge < -0.3 is 19.8 Å². The van der Waals surface area contributed by atoms with Crippen LogP contribution in [0, 0.1) is 0 Å². The number of ether oxygens (including phenoxy) is 2. The Bertz CT molecular complexity index is 1120. The maximum absolute atomic E-state index is 12.7. The van der Waals surface area contributed by atoms with Crippen LogP contribution in [0.3, 0.4) is 0 Å². The van der Waals surface area contributed by atoms with Gasteiger partial charge in [-0.1, -0.05) is 42.5 Å². The van der Waals surface area contributed by atoms with Gasteiger partial charge in [-0.3, -0.25) is 4.79 Å². The van der Waals surface area contributed by atoms with Crippen molar-refractivity contribution in [3.05, 3.63) is 90.1 Å². The number of carbonyl (C=O) groups is 1. The minimum Gasteiger partial charge on any atom is -0.492 e. The molecule has 3 aromatic carbocycles. The number of aromatic amines is 1. The predicted molar refractivity (Wildman–Crippen MR) is 115 cm³/mol. The normalized spacial score (nSPS) is 10.7. The zero-order valence-corrected chi connectivity index (χ0v) is 16.1. The molecule has 0 aliphatic rings. The summed E-state index contributed by atoms with van der Waals surface area (Å²) in [5.41, 5.74) is 3.07. The van der Waals surface area contributed by atoms with Crippen LogP contribution >= 0.6 is 0 Å². The lowest BCUT2D eigenvalue weighted by atomic mass is 10.2. The third-order valence-corrected chi connectivity index (χ3v) is 4.52. The molecule has 0 atom stereocenters. The average Bonchev–Trinajstić information content (AvgIpc) is 3.18. The van der Waals surface area contributed by atoms with E-state index >= 15 is 0 Å². The fourth-order valence-electron chi connectivity index (χ4n) is 3.10. The van der Waals surface area contributed by atoms with E-state index in [-0.39, 0.29) is 5.91 Å². The van der Waals surface area contributed by atoms with E-state index in [0.717, 1.165) is 22.2 Å². The van der Waals surface area contributed by atoms with E-state index in [1.54, 1.807) is 0 Å². The molecule has 2 N–H and O–H groups in total. The number of rotatable bonds is 7. The Kier molecular flexibility index (Phi) is 5.47. The summed E-state index contributed by atoms with van der Waals surface area (Å²) in [5, 5.41) is 3.85. The van der Waals surface area contributed by atoms with Gasteiger partial charge in [0, 0.05) is 17.0 Å². The Morgan fingerprint density at radius 3 is 2.55 bits per heavy atom. The van der Waals surface area contributed by atoms with Crippen LogP contribution in [-0.4, -0.2) is 17.5 Å². The summed E-state index contributed by atoms with van der Waals surface area (Å²) >= 11 is 0. The number of anilines is 1. The molecular weight excluding hydrogens is 364 g/mol. The molecule has 0 aliphatic carbocycles. The number of carbonyl (C=O) groups excluding carboxylic acids is 1. The molecule has 0 saturated heterocycles. The molecule has 0 fully saturated rings. The topological polar surface area (TPSA) is 63.4 Å². The van der Waals surface area contributed by atoms with Crippen LogP contribution in [0.5, 0.6) is 11.5 Å². The lowest BCUT2D eigenvalue weighted by Gasteiger charge is -2.10. The van der Waals surface area contributed by atoms with E-state index in [9.17, 15) is 4.79 Å². The highest BCUT2D eigenvalue weighted by Gasteiger charge is 2.13. The summed E-state index contributed by atoms with van der Waals surface area (Å²) < 4.78 is 11.4. The van der Waals surface area contributed by atoms with Crippen molar-refractivity contribution in [3.8, 4) is 11.5 Å². The molecule has 4 rings (SSSR count). The van der Waals surface area contributed by atoms with E-state index in [2.05, 4.69) is 10.3 Å². The lowest BCUT2D eigenvalue weighted by Crippen LogP contribution is -2.13. The van der Waals surface area contributed by atoms with Crippen LogP contribution in [0.2, 0.25) is 0 Å². The highest BCUT2D eigenvalue weighted by molar-refractivity contribution is 6.06. The van der Waals surface area contributed by atoms with Crippen molar-refractivity contribution < 1.29 is 14.3 Å². The van der Waals surface area contributed by atoms with Gasteiger partial charge in [-0.15, -0.1) is 0 Å². The first-order valence-electron chi connectivity index (χ1n) is 9.55. The Morgan fingerprint density at radius 2 is 1.72 bits per heavy atom. The SMILES string of the molecule is CCOc1ccccc1NC(=O)c1cc2ccc(OCc3ccccc3)cc2[nH]1. The molecular formula is C24H22N2O3. The highest BCUT2D eigenvalue weighted by Crippen LogP contribution is 2.26. The summed E-state index contributed by atoms with van der Waals surface area (Å²) in [5.74, 6) is 1.17. The summed E-state index contributed by atoms with van der Waals surface area (Å²) in [6, 6.07) is 25.0. The maximum atomic E-state index is 12.7.